The number of nitrogens with two attached hydrogens (primary N) is 1. The lowest BCUT2D eigenvalue weighted by Crippen LogP contribution is -2.13. The smallest absolute Gasteiger partial charge is 0.310 e. The third kappa shape index (κ3) is 3.24. The van der Waals surface area contributed by atoms with E-state index < -0.39 is 11.9 Å². The van der Waals surface area contributed by atoms with Gasteiger partial charge < -0.3 is 15.6 Å². The van der Waals surface area contributed by atoms with Crippen molar-refractivity contribution >= 4 is 5.97 Å². The van der Waals surface area contributed by atoms with Gasteiger partial charge in [-0.1, -0.05) is 12.1 Å². The molecule has 0 aliphatic heterocycles. The van der Waals surface area contributed by atoms with Gasteiger partial charge in [-0.2, -0.15) is 0 Å². The molecular weight excluding hydrogens is 206 g/mol. The Bertz CT molecular complexity index is 352. The number of carbonyl (C=O) groups is 1. The van der Waals surface area contributed by atoms with Crippen LogP contribution in [0.1, 0.15) is 24.3 Å². The summed E-state index contributed by atoms with van der Waals surface area (Å²) in [4.78, 5) is 11.1. The fourth-order valence-corrected chi connectivity index (χ4v) is 1.61. The van der Waals surface area contributed by atoms with E-state index in [2.05, 4.69) is 0 Å². The van der Waals surface area contributed by atoms with Crippen LogP contribution in [0.4, 0.5) is 0 Å². The van der Waals surface area contributed by atoms with Crippen LogP contribution in [-0.2, 0) is 4.79 Å². The van der Waals surface area contributed by atoms with E-state index >= 15 is 0 Å². The van der Waals surface area contributed by atoms with E-state index in [0.29, 0.717) is 25.1 Å². The number of aliphatic carboxylic acids is 1. The zero-order valence-corrected chi connectivity index (χ0v) is 9.35. The lowest BCUT2D eigenvalue weighted by Gasteiger charge is -2.13. The van der Waals surface area contributed by atoms with Crippen molar-refractivity contribution in [3.05, 3.63) is 29.8 Å². The highest BCUT2D eigenvalue weighted by Crippen LogP contribution is 2.24. The van der Waals surface area contributed by atoms with E-state index in [0.717, 1.165) is 5.56 Å². The molecule has 1 rings (SSSR count). The van der Waals surface area contributed by atoms with Crippen molar-refractivity contribution in [2.45, 2.75) is 18.8 Å². The Balaban J connectivity index is 2.87. The van der Waals surface area contributed by atoms with E-state index in [4.69, 9.17) is 15.6 Å². The first-order chi connectivity index (χ1) is 7.69. The Kier molecular flexibility index (Phi) is 4.79. The van der Waals surface area contributed by atoms with Gasteiger partial charge >= 0.3 is 5.97 Å². The molecule has 0 radical (unpaired) electrons. The molecule has 1 aromatic rings. The number of hydrogen-bond acceptors (Lipinski definition) is 3. The summed E-state index contributed by atoms with van der Waals surface area (Å²) in [5.74, 6) is -0.642. The van der Waals surface area contributed by atoms with Gasteiger partial charge in [0.1, 0.15) is 5.75 Å². The second-order valence-electron chi connectivity index (χ2n) is 3.60. The summed E-state index contributed by atoms with van der Waals surface area (Å²) in [5, 5.41) is 9.14. The Morgan fingerprint density at radius 3 is 2.88 bits per heavy atom. The molecule has 0 aromatic heterocycles. The van der Waals surface area contributed by atoms with Crippen molar-refractivity contribution < 1.29 is 14.6 Å². The van der Waals surface area contributed by atoms with E-state index in [-0.39, 0.29) is 0 Å². The van der Waals surface area contributed by atoms with Crippen LogP contribution in [0.5, 0.6) is 5.75 Å². The third-order valence-corrected chi connectivity index (χ3v) is 2.49. The summed E-state index contributed by atoms with van der Waals surface area (Å²) in [6, 6.07) is 7.16. The molecule has 4 heteroatoms. The Labute approximate surface area is 95.0 Å². The van der Waals surface area contributed by atoms with Gasteiger partial charge in [0.2, 0.25) is 0 Å². The quantitative estimate of drug-likeness (QED) is 0.768. The molecule has 0 spiro atoms. The fraction of sp³-hybridized carbons (Fsp3) is 0.417. The monoisotopic (exact) mass is 223 g/mol. The van der Waals surface area contributed by atoms with Gasteiger partial charge in [-0.05, 0) is 37.1 Å². The van der Waals surface area contributed by atoms with Gasteiger partial charge in [-0.15, -0.1) is 0 Å². The van der Waals surface area contributed by atoms with Crippen LogP contribution < -0.4 is 10.5 Å². The molecule has 4 nitrogen and oxygen atoms in total. The normalized spacial score (nSPS) is 12.1. The first kappa shape index (κ1) is 12.5. The second kappa shape index (κ2) is 6.12. The first-order valence-electron chi connectivity index (χ1n) is 5.26. The molecule has 0 aliphatic carbocycles. The van der Waals surface area contributed by atoms with E-state index in [9.17, 15) is 4.79 Å². The van der Waals surface area contributed by atoms with Crippen molar-refractivity contribution in [1.82, 2.24) is 0 Å². The third-order valence-electron chi connectivity index (χ3n) is 2.49. The molecule has 0 amide bonds. The summed E-state index contributed by atoms with van der Waals surface area (Å²) < 4.78 is 5.07. The average molecular weight is 223 g/mol. The first-order valence-corrected chi connectivity index (χ1v) is 5.26. The highest BCUT2D eigenvalue weighted by Gasteiger charge is 2.19. The van der Waals surface area contributed by atoms with E-state index in [1.807, 2.05) is 0 Å². The number of ether oxygens (including phenoxy) is 1. The minimum absolute atomic E-state index is 0.501. The van der Waals surface area contributed by atoms with Gasteiger partial charge in [0, 0.05) is 0 Å². The van der Waals surface area contributed by atoms with Crippen LogP contribution >= 0.6 is 0 Å². The summed E-state index contributed by atoms with van der Waals surface area (Å²) in [7, 11) is 1.56. The zero-order valence-electron chi connectivity index (χ0n) is 9.35. The summed E-state index contributed by atoms with van der Waals surface area (Å²) in [5.41, 5.74) is 6.16. The van der Waals surface area contributed by atoms with Crippen LogP contribution in [0.3, 0.4) is 0 Å². The number of methoxy groups -OCH3 is 1. The zero-order chi connectivity index (χ0) is 12.0. The van der Waals surface area contributed by atoms with E-state index in [1.54, 1.807) is 31.4 Å². The molecule has 0 heterocycles. The number of carboxylic acids is 1. The number of hydrogen-bond donors (Lipinski definition) is 2. The number of rotatable bonds is 6. The standard InChI is InChI=1S/C12H17NO3/c1-16-10-5-2-4-9(8-10)11(12(14)15)6-3-7-13/h2,4-5,8,11H,3,6-7,13H2,1H3,(H,14,15). The minimum atomic E-state index is -0.818. The van der Waals surface area contributed by atoms with Crippen LogP contribution in [0.15, 0.2) is 24.3 Å². The Hall–Kier alpha value is -1.55. The van der Waals surface area contributed by atoms with Crippen molar-refractivity contribution in [2.24, 2.45) is 5.73 Å². The highest BCUT2D eigenvalue weighted by atomic mass is 16.5. The lowest BCUT2D eigenvalue weighted by atomic mass is 9.94. The van der Waals surface area contributed by atoms with Crippen molar-refractivity contribution in [1.29, 1.82) is 0 Å². The molecule has 88 valence electrons. The van der Waals surface area contributed by atoms with Crippen molar-refractivity contribution in [3.8, 4) is 5.75 Å². The average Bonchev–Trinajstić information content (AvgIpc) is 2.29. The van der Waals surface area contributed by atoms with Gasteiger partial charge in [0.05, 0.1) is 13.0 Å². The Morgan fingerprint density at radius 2 is 2.31 bits per heavy atom. The van der Waals surface area contributed by atoms with Crippen LogP contribution in [-0.4, -0.2) is 24.7 Å². The molecule has 0 saturated heterocycles. The van der Waals surface area contributed by atoms with E-state index in [1.165, 1.54) is 0 Å². The molecule has 0 aliphatic rings. The summed E-state index contributed by atoms with van der Waals surface area (Å²) in [6.45, 7) is 0.508. The molecule has 0 bridgehead atoms. The maximum atomic E-state index is 11.1. The summed E-state index contributed by atoms with van der Waals surface area (Å²) in [6.07, 6.45) is 1.26. The van der Waals surface area contributed by atoms with Gasteiger partial charge in [-0.25, -0.2) is 0 Å². The van der Waals surface area contributed by atoms with Crippen molar-refractivity contribution in [2.75, 3.05) is 13.7 Å². The van der Waals surface area contributed by atoms with Gasteiger partial charge in [-0.3, -0.25) is 4.79 Å². The molecule has 3 N–H and O–H groups in total. The summed E-state index contributed by atoms with van der Waals surface area (Å²) >= 11 is 0. The van der Waals surface area contributed by atoms with Crippen LogP contribution in [0.2, 0.25) is 0 Å². The maximum absolute atomic E-state index is 11.1. The molecule has 1 aromatic carbocycles. The van der Waals surface area contributed by atoms with Crippen molar-refractivity contribution in [3.63, 3.8) is 0 Å². The fourth-order valence-electron chi connectivity index (χ4n) is 1.61. The lowest BCUT2D eigenvalue weighted by molar-refractivity contribution is -0.139. The van der Waals surface area contributed by atoms with Crippen LogP contribution in [0.25, 0.3) is 0 Å². The molecule has 0 saturated carbocycles. The molecular formula is C12H17NO3. The molecule has 1 atom stereocenters. The Morgan fingerprint density at radius 1 is 1.56 bits per heavy atom. The largest absolute Gasteiger partial charge is 0.497 e. The van der Waals surface area contributed by atoms with Crippen LogP contribution in [0, 0.1) is 0 Å². The molecule has 16 heavy (non-hydrogen) atoms. The second-order valence-corrected chi connectivity index (χ2v) is 3.60. The SMILES string of the molecule is COc1cccc(C(CCCN)C(=O)O)c1. The predicted molar refractivity (Wildman–Crippen MR) is 61.7 cm³/mol. The van der Waals surface area contributed by atoms with Gasteiger partial charge in [0.25, 0.3) is 0 Å². The molecule has 0 fully saturated rings. The van der Waals surface area contributed by atoms with Gasteiger partial charge in [0.15, 0.2) is 0 Å². The highest BCUT2D eigenvalue weighted by molar-refractivity contribution is 5.76. The topological polar surface area (TPSA) is 72.5 Å². The minimum Gasteiger partial charge on any atom is -0.497 e. The predicted octanol–water partition coefficient (Wildman–Crippen LogP) is 1.60. The maximum Gasteiger partial charge on any atom is 0.310 e. The molecule has 1 unspecified atom stereocenters. The number of benzene rings is 1. The number of carboxylic acid groups (broad SMARTS) is 1.